The molecule has 0 spiro atoms. The molecule has 0 bridgehead atoms. The molecular formula is C36H34N2O7. The van der Waals surface area contributed by atoms with E-state index in [-0.39, 0.29) is 41.7 Å². The van der Waals surface area contributed by atoms with Crippen molar-refractivity contribution in [3.8, 4) is 17.2 Å². The van der Waals surface area contributed by atoms with Gasteiger partial charge in [-0.3, -0.25) is 9.59 Å². The molecule has 5 aromatic rings. The Kier molecular flexibility index (Phi) is 9.48. The Morgan fingerprint density at radius 3 is 2.04 bits per heavy atom. The molecule has 0 heterocycles. The van der Waals surface area contributed by atoms with Crippen LogP contribution in [-0.2, 0) is 16.1 Å². The third-order valence-electron chi connectivity index (χ3n) is 7.58. The Hall–Kier alpha value is -5.57. The van der Waals surface area contributed by atoms with Crippen LogP contribution in [0.5, 0.6) is 17.2 Å². The molecule has 0 aliphatic carbocycles. The standard InChI is InChI=1S/C36H34N2O7/c1-22-17-27-25(11-7-14-32(27)40)29(18-22)34(42)37-16-6-5-13-31(36(44)45-21-23-9-3-2-4-10-23)38-35(43)30-20-24(39)19-28-26(30)12-8-15-33(28)41/h2-4,7-12,14-15,17-20,31,39-41H,5-6,13,16,21H2,1H3,(H,37,42)(H,38,43)/t31-/m0/s1. The molecule has 0 aliphatic heterocycles. The number of hydrogen-bond acceptors (Lipinski definition) is 7. The third kappa shape index (κ3) is 7.33. The van der Waals surface area contributed by atoms with Crippen molar-refractivity contribution in [2.24, 2.45) is 0 Å². The predicted molar refractivity (Wildman–Crippen MR) is 171 cm³/mol. The van der Waals surface area contributed by atoms with E-state index in [2.05, 4.69) is 10.6 Å². The van der Waals surface area contributed by atoms with E-state index in [0.29, 0.717) is 46.5 Å². The minimum Gasteiger partial charge on any atom is -0.508 e. The van der Waals surface area contributed by atoms with Crippen molar-refractivity contribution >= 4 is 39.3 Å². The van der Waals surface area contributed by atoms with Crippen LogP contribution in [0.15, 0.2) is 91.0 Å². The highest BCUT2D eigenvalue weighted by molar-refractivity contribution is 6.10. The molecule has 1 atom stereocenters. The van der Waals surface area contributed by atoms with Gasteiger partial charge in [-0.25, -0.2) is 4.79 Å². The average molecular weight is 607 g/mol. The molecular weight excluding hydrogens is 572 g/mol. The van der Waals surface area contributed by atoms with Crippen molar-refractivity contribution in [1.82, 2.24) is 10.6 Å². The quantitative estimate of drug-likeness (QED) is 0.0935. The zero-order valence-corrected chi connectivity index (χ0v) is 24.7. The van der Waals surface area contributed by atoms with E-state index < -0.39 is 17.9 Å². The van der Waals surface area contributed by atoms with E-state index in [0.717, 1.165) is 11.1 Å². The fourth-order valence-corrected chi connectivity index (χ4v) is 5.33. The van der Waals surface area contributed by atoms with Crippen LogP contribution < -0.4 is 10.6 Å². The molecule has 9 nitrogen and oxygen atoms in total. The van der Waals surface area contributed by atoms with Gasteiger partial charge in [0.05, 0.1) is 5.56 Å². The number of carbonyl (C=O) groups excluding carboxylic acids is 3. The molecule has 0 radical (unpaired) electrons. The number of aromatic hydroxyl groups is 3. The van der Waals surface area contributed by atoms with Crippen molar-refractivity contribution < 1.29 is 34.4 Å². The number of carbonyl (C=O) groups is 3. The first kappa shape index (κ1) is 30.9. The predicted octanol–water partition coefficient (Wildman–Crippen LogP) is 5.86. The second-order valence-electron chi connectivity index (χ2n) is 10.9. The smallest absolute Gasteiger partial charge is 0.328 e. The molecule has 5 aromatic carbocycles. The van der Waals surface area contributed by atoms with Crippen LogP contribution in [0.1, 0.15) is 51.1 Å². The van der Waals surface area contributed by atoms with Gasteiger partial charge in [0.1, 0.15) is 29.9 Å². The number of rotatable bonds is 11. The van der Waals surface area contributed by atoms with Gasteiger partial charge < -0.3 is 30.7 Å². The number of phenols is 3. The second-order valence-corrected chi connectivity index (χ2v) is 10.9. The van der Waals surface area contributed by atoms with Crippen molar-refractivity contribution in [3.63, 3.8) is 0 Å². The highest BCUT2D eigenvalue weighted by Gasteiger charge is 2.24. The number of unbranched alkanes of at least 4 members (excludes halogenated alkanes) is 1. The summed E-state index contributed by atoms with van der Waals surface area (Å²) in [5.74, 6) is -1.69. The van der Waals surface area contributed by atoms with Gasteiger partial charge in [0.2, 0.25) is 0 Å². The van der Waals surface area contributed by atoms with Gasteiger partial charge in [0.15, 0.2) is 0 Å². The lowest BCUT2D eigenvalue weighted by molar-refractivity contribution is -0.147. The summed E-state index contributed by atoms with van der Waals surface area (Å²) in [7, 11) is 0. The minimum absolute atomic E-state index is 0.0328. The zero-order valence-electron chi connectivity index (χ0n) is 24.7. The van der Waals surface area contributed by atoms with Gasteiger partial charge in [-0.05, 0) is 84.5 Å². The molecule has 0 saturated heterocycles. The molecule has 230 valence electrons. The first-order chi connectivity index (χ1) is 21.7. The van der Waals surface area contributed by atoms with E-state index >= 15 is 0 Å². The van der Waals surface area contributed by atoms with E-state index in [1.165, 1.54) is 18.2 Å². The maximum absolute atomic E-state index is 13.4. The fourth-order valence-electron chi connectivity index (χ4n) is 5.33. The molecule has 9 heteroatoms. The molecule has 45 heavy (non-hydrogen) atoms. The minimum atomic E-state index is -1.00. The first-order valence-corrected chi connectivity index (χ1v) is 14.7. The summed E-state index contributed by atoms with van der Waals surface area (Å²) in [5, 5.41) is 38.3. The number of esters is 1. The van der Waals surface area contributed by atoms with E-state index in [9.17, 15) is 29.7 Å². The van der Waals surface area contributed by atoms with Crippen LogP contribution in [0, 0.1) is 6.92 Å². The van der Waals surface area contributed by atoms with E-state index in [1.54, 1.807) is 36.4 Å². The largest absolute Gasteiger partial charge is 0.508 e. The Bertz CT molecular complexity index is 1870. The SMILES string of the molecule is Cc1cc(C(=O)NCCCC[C@H](NC(=O)c2cc(O)cc3c(O)cccc23)C(=O)OCc2ccccc2)c2cccc(O)c2c1. The highest BCUT2D eigenvalue weighted by atomic mass is 16.5. The monoisotopic (exact) mass is 606 g/mol. The van der Waals surface area contributed by atoms with Crippen molar-refractivity contribution in [2.45, 2.75) is 38.8 Å². The van der Waals surface area contributed by atoms with Crippen LogP contribution in [-0.4, -0.2) is 45.7 Å². The second kappa shape index (κ2) is 13.8. The number of fused-ring (bicyclic) bond motifs is 2. The number of phenolic OH excluding ortho intramolecular Hbond substituents is 3. The lowest BCUT2D eigenvalue weighted by Crippen LogP contribution is -2.42. The Labute approximate surface area is 260 Å². The lowest BCUT2D eigenvalue weighted by atomic mass is 10.00. The fraction of sp³-hybridized carbons (Fsp3) is 0.194. The Morgan fingerprint density at radius 1 is 0.711 bits per heavy atom. The topological polar surface area (TPSA) is 145 Å². The van der Waals surface area contributed by atoms with Crippen LogP contribution in [0.4, 0.5) is 0 Å². The molecule has 0 saturated carbocycles. The summed E-state index contributed by atoms with van der Waals surface area (Å²) >= 11 is 0. The number of amides is 2. The zero-order chi connectivity index (χ0) is 31.9. The maximum Gasteiger partial charge on any atom is 0.328 e. The van der Waals surface area contributed by atoms with Crippen LogP contribution in [0.3, 0.4) is 0 Å². The number of nitrogens with one attached hydrogen (secondary N) is 2. The summed E-state index contributed by atoms with van der Waals surface area (Å²) in [6.45, 7) is 2.21. The molecule has 5 N–H and O–H groups in total. The molecule has 5 rings (SSSR count). The van der Waals surface area contributed by atoms with Gasteiger partial charge in [0, 0.05) is 22.9 Å². The van der Waals surface area contributed by atoms with Gasteiger partial charge in [-0.2, -0.15) is 0 Å². The number of ether oxygens (including phenoxy) is 1. The van der Waals surface area contributed by atoms with Gasteiger partial charge in [0.25, 0.3) is 11.8 Å². The van der Waals surface area contributed by atoms with Crippen LogP contribution in [0.25, 0.3) is 21.5 Å². The summed E-state index contributed by atoms with van der Waals surface area (Å²) in [6, 6.07) is 24.2. The molecule has 0 aromatic heterocycles. The van der Waals surface area contributed by atoms with Crippen molar-refractivity contribution in [2.75, 3.05) is 6.54 Å². The summed E-state index contributed by atoms with van der Waals surface area (Å²) in [4.78, 5) is 39.7. The molecule has 2 amide bonds. The van der Waals surface area contributed by atoms with Crippen molar-refractivity contribution in [3.05, 3.63) is 113 Å². The Balaban J connectivity index is 1.25. The normalized spacial score (nSPS) is 11.7. The number of benzene rings is 5. The summed E-state index contributed by atoms with van der Waals surface area (Å²) in [6.07, 6.45) is 1.23. The summed E-state index contributed by atoms with van der Waals surface area (Å²) in [5.41, 5.74) is 2.20. The third-order valence-corrected chi connectivity index (χ3v) is 7.58. The highest BCUT2D eigenvalue weighted by Crippen LogP contribution is 2.31. The average Bonchev–Trinajstić information content (AvgIpc) is 3.03. The maximum atomic E-state index is 13.4. The number of hydrogen-bond donors (Lipinski definition) is 5. The van der Waals surface area contributed by atoms with Gasteiger partial charge in [-0.1, -0.05) is 54.6 Å². The number of aryl methyl sites for hydroxylation is 1. The van der Waals surface area contributed by atoms with Gasteiger partial charge in [-0.15, -0.1) is 0 Å². The van der Waals surface area contributed by atoms with Gasteiger partial charge >= 0.3 is 5.97 Å². The lowest BCUT2D eigenvalue weighted by Gasteiger charge is -2.19. The van der Waals surface area contributed by atoms with Crippen LogP contribution >= 0.6 is 0 Å². The van der Waals surface area contributed by atoms with Crippen LogP contribution in [0.2, 0.25) is 0 Å². The molecule has 0 aliphatic rings. The summed E-state index contributed by atoms with van der Waals surface area (Å²) < 4.78 is 5.54. The molecule has 0 unspecified atom stereocenters. The Morgan fingerprint density at radius 2 is 1.36 bits per heavy atom. The van der Waals surface area contributed by atoms with E-state index in [4.69, 9.17) is 4.74 Å². The first-order valence-electron chi connectivity index (χ1n) is 14.7. The van der Waals surface area contributed by atoms with Crippen molar-refractivity contribution in [1.29, 1.82) is 0 Å². The van der Waals surface area contributed by atoms with E-state index in [1.807, 2.05) is 43.3 Å². The molecule has 0 fully saturated rings.